The van der Waals surface area contributed by atoms with Crippen LogP contribution < -0.4 is 10.6 Å². The second kappa shape index (κ2) is 4.28. The van der Waals surface area contributed by atoms with E-state index in [-0.39, 0.29) is 11.3 Å². The molecule has 0 saturated heterocycles. The fourth-order valence-corrected chi connectivity index (χ4v) is 2.31. The van der Waals surface area contributed by atoms with Crippen LogP contribution in [0.25, 0.3) is 0 Å². The van der Waals surface area contributed by atoms with Gasteiger partial charge >= 0.3 is 5.97 Å². The number of nitrogens with zero attached hydrogens (tertiary/aromatic N) is 2. The molecule has 0 spiro atoms. The van der Waals surface area contributed by atoms with E-state index in [1.165, 1.54) is 23.4 Å². The van der Waals surface area contributed by atoms with Gasteiger partial charge in [0.1, 0.15) is 5.82 Å². The van der Waals surface area contributed by atoms with Gasteiger partial charge in [0.25, 0.3) is 0 Å². The van der Waals surface area contributed by atoms with Crippen molar-refractivity contribution in [1.82, 2.24) is 4.98 Å². The first-order valence-electron chi connectivity index (χ1n) is 5.95. The molecule has 5 heteroatoms. The van der Waals surface area contributed by atoms with E-state index >= 15 is 0 Å². The highest BCUT2D eigenvalue weighted by molar-refractivity contribution is 5.94. The second-order valence-corrected chi connectivity index (χ2v) is 4.56. The van der Waals surface area contributed by atoms with Crippen molar-refractivity contribution in [3.05, 3.63) is 53.2 Å². The molecule has 19 heavy (non-hydrogen) atoms. The standard InChI is InChI=1S/C14H13N3O2/c15-12-6-16-13(5-11(12)14(18)19)17-7-9-3-1-2-4-10(9)8-17/h1-6H,7-8,15H2,(H,18,19). The van der Waals surface area contributed by atoms with Gasteiger partial charge in [-0.2, -0.15) is 0 Å². The Hall–Kier alpha value is -2.56. The number of nitrogen functional groups attached to an aromatic ring is 1. The Bertz CT molecular complexity index is 630. The maximum absolute atomic E-state index is 11.1. The molecule has 0 fully saturated rings. The van der Waals surface area contributed by atoms with Crippen molar-refractivity contribution in [2.24, 2.45) is 0 Å². The zero-order chi connectivity index (χ0) is 13.4. The molecule has 0 aliphatic carbocycles. The summed E-state index contributed by atoms with van der Waals surface area (Å²) < 4.78 is 0. The molecule has 96 valence electrons. The van der Waals surface area contributed by atoms with E-state index in [1.54, 1.807) is 0 Å². The largest absolute Gasteiger partial charge is 0.478 e. The van der Waals surface area contributed by atoms with Crippen molar-refractivity contribution < 1.29 is 9.90 Å². The average Bonchev–Trinajstić information content (AvgIpc) is 2.82. The zero-order valence-electron chi connectivity index (χ0n) is 10.2. The number of hydrogen-bond acceptors (Lipinski definition) is 4. The first kappa shape index (κ1) is 11.5. The van der Waals surface area contributed by atoms with Gasteiger partial charge < -0.3 is 15.7 Å². The van der Waals surface area contributed by atoms with Crippen molar-refractivity contribution in [3.63, 3.8) is 0 Å². The molecule has 3 N–H and O–H groups in total. The molecule has 0 amide bonds. The van der Waals surface area contributed by atoms with Crippen LogP contribution in [0.3, 0.4) is 0 Å². The zero-order valence-corrected chi connectivity index (χ0v) is 10.2. The fraction of sp³-hybridized carbons (Fsp3) is 0.143. The maximum atomic E-state index is 11.1. The molecule has 3 rings (SSSR count). The first-order valence-corrected chi connectivity index (χ1v) is 5.95. The molecule has 1 aliphatic rings. The molecule has 0 atom stereocenters. The lowest BCUT2D eigenvalue weighted by atomic mass is 10.1. The number of rotatable bonds is 2. The predicted octanol–water partition coefficient (Wildman–Crippen LogP) is 1.88. The average molecular weight is 255 g/mol. The monoisotopic (exact) mass is 255 g/mol. The molecule has 2 heterocycles. The van der Waals surface area contributed by atoms with Crippen molar-refractivity contribution in [2.45, 2.75) is 13.1 Å². The van der Waals surface area contributed by atoms with Gasteiger partial charge in [0.2, 0.25) is 0 Å². The van der Waals surface area contributed by atoms with Crippen molar-refractivity contribution in [3.8, 4) is 0 Å². The van der Waals surface area contributed by atoms with Crippen LogP contribution >= 0.6 is 0 Å². The molecule has 1 aliphatic heterocycles. The Morgan fingerprint density at radius 2 is 1.89 bits per heavy atom. The van der Waals surface area contributed by atoms with E-state index in [9.17, 15) is 4.79 Å². The summed E-state index contributed by atoms with van der Waals surface area (Å²) in [5.74, 6) is -0.388. The summed E-state index contributed by atoms with van der Waals surface area (Å²) >= 11 is 0. The van der Waals surface area contributed by atoms with Gasteiger partial charge in [0.15, 0.2) is 0 Å². The highest BCUT2D eigenvalue weighted by Gasteiger charge is 2.21. The first-order chi connectivity index (χ1) is 9.15. The van der Waals surface area contributed by atoms with Crippen molar-refractivity contribution in [2.75, 3.05) is 10.6 Å². The van der Waals surface area contributed by atoms with Gasteiger partial charge in [0, 0.05) is 13.1 Å². The third-order valence-electron chi connectivity index (χ3n) is 3.32. The molecule has 2 aromatic rings. The van der Waals surface area contributed by atoms with Crippen LogP contribution in [-0.4, -0.2) is 16.1 Å². The quantitative estimate of drug-likeness (QED) is 0.856. The number of aromatic nitrogens is 1. The minimum absolute atomic E-state index is 0.0981. The lowest BCUT2D eigenvalue weighted by molar-refractivity contribution is 0.0698. The van der Waals surface area contributed by atoms with E-state index in [0.29, 0.717) is 5.82 Å². The Kier molecular flexibility index (Phi) is 2.59. The summed E-state index contributed by atoms with van der Waals surface area (Å²) in [5, 5.41) is 9.08. The predicted molar refractivity (Wildman–Crippen MR) is 71.9 cm³/mol. The molecular formula is C14H13N3O2. The molecule has 0 radical (unpaired) electrons. The van der Waals surface area contributed by atoms with Gasteiger partial charge in [-0.15, -0.1) is 0 Å². The Morgan fingerprint density at radius 1 is 1.26 bits per heavy atom. The van der Waals surface area contributed by atoms with E-state index in [2.05, 4.69) is 17.1 Å². The normalized spacial score (nSPS) is 13.4. The smallest absolute Gasteiger partial charge is 0.337 e. The van der Waals surface area contributed by atoms with Gasteiger partial charge in [0.05, 0.1) is 17.4 Å². The van der Waals surface area contributed by atoms with E-state index in [4.69, 9.17) is 10.8 Å². The van der Waals surface area contributed by atoms with Gasteiger partial charge in [-0.1, -0.05) is 24.3 Å². The van der Waals surface area contributed by atoms with Crippen molar-refractivity contribution >= 4 is 17.5 Å². The van der Waals surface area contributed by atoms with Crippen molar-refractivity contribution in [1.29, 1.82) is 0 Å². The molecule has 0 unspecified atom stereocenters. The second-order valence-electron chi connectivity index (χ2n) is 4.56. The molecule has 0 saturated carbocycles. The highest BCUT2D eigenvalue weighted by Crippen LogP contribution is 2.28. The van der Waals surface area contributed by atoms with Gasteiger partial charge in [-0.25, -0.2) is 9.78 Å². The SMILES string of the molecule is Nc1cnc(N2Cc3ccccc3C2)cc1C(=O)O. The minimum Gasteiger partial charge on any atom is -0.478 e. The van der Waals surface area contributed by atoms with Crippen LogP contribution in [0.5, 0.6) is 0 Å². The number of anilines is 2. The lowest BCUT2D eigenvalue weighted by Gasteiger charge is -2.17. The topological polar surface area (TPSA) is 79.5 Å². The summed E-state index contributed by atoms with van der Waals surface area (Å²) in [6.45, 7) is 1.48. The van der Waals surface area contributed by atoms with Gasteiger partial charge in [-0.3, -0.25) is 0 Å². The number of carboxylic acids is 1. The van der Waals surface area contributed by atoms with Crippen LogP contribution in [0.4, 0.5) is 11.5 Å². The summed E-state index contributed by atoms with van der Waals surface area (Å²) in [7, 11) is 0. The molecule has 1 aromatic heterocycles. The van der Waals surface area contributed by atoms with Crippen LogP contribution in [-0.2, 0) is 13.1 Å². The number of fused-ring (bicyclic) bond motifs is 1. The molecular weight excluding hydrogens is 242 g/mol. The third-order valence-corrected chi connectivity index (χ3v) is 3.32. The minimum atomic E-state index is -1.03. The number of hydrogen-bond donors (Lipinski definition) is 2. The maximum Gasteiger partial charge on any atom is 0.337 e. The lowest BCUT2D eigenvalue weighted by Crippen LogP contribution is -2.17. The van der Waals surface area contributed by atoms with Crippen LogP contribution in [0.1, 0.15) is 21.5 Å². The molecule has 1 aromatic carbocycles. The van der Waals surface area contributed by atoms with Crippen LogP contribution in [0.15, 0.2) is 36.5 Å². The fourth-order valence-electron chi connectivity index (χ4n) is 2.31. The Labute approximate surface area is 110 Å². The van der Waals surface area contributed by atoms with E-state index in [0.717, 1.165) is 13.1 Å². The number of carboxylic acid groups (broad SMARTS) is 1. The molecule has 5 nitrogen and oxygen atoms in total. The highest BCUT2D eigenvalue weighted by atomic mass is 16.4. The van der Waals surface area contributed by atoms with Crippen LogP contribution in [0.2, 0.25) is 0 Å². The summed E-state index contributed by atoms with van der Waals surface area (Å²) in [6.07, 6.45) is 1.40. The number of carbonyl (C=O) groups is 1. The summed E-state index contributed by atoms with van der Waals surface area (Å²) in [5.41, 5.74) is 8.39. The van der Waals surface area contributed by atoms with E-state index in [1.807, 2.05) is 17.0 Å². The summed E-state index contributed by atoms with van der Waals surface area (Å²) in [6, 6.07) is 9.68. The third kappa shape index (κ3) is 1.99. The number of nitrogens with two attached hydrogens (primary N) is 1. The number of aromatic carboxylic acids is 1. The molecule has 0 bridgehead atoms. The summed E-state index contributed by atoms with van der Waals surface area (Å²) in [4.78, 5) is 17.3. The van der Waals surface area contributed by atoms with E-state index < -0.39 is 5.97 Å². The Balaban J connectivity index is 1.93. The van der Waals surface area contributed by atoms with Crippen LogP contribution in [0, 0.1) is 0 Å². The number of benzene rings is 1. The Morgan fingerprint density at radius 3 is 2.47 bits per heavy atom. The number of pyridine rings is 1. The van der Waals surface area contributed by atoms with Gasteiger partial charge in [-0.05, 0) is 17.2 Å².